The molecule has 98 valence electrons. The minimum absolute atomic E-state index is 0. The van der Waals surface area contributed by atoms with Crippen molar-refractivity contribution in [1.29, 1.82) is 0 Å². The number of nitrogens with zero attached hydrogens (tertiary/aromatic N) is 1. The Labute approximate surface area is 113 Å². The molecular weight excluding hydrogens is 250 g/mol. The molecule has 0 saturated heterocycles. The second-order valence-electron chi connectivity index (χ2n) is 4.01. The lowest BCUT2D eigenvalue weighted by Gasteiger charge is -2.19. The molecule has 2 rings (SSSR count). The average Bonchev–Trinajstić information content (AvgIpc) is 2.84. The fourth-order valence-electron chi connectivity index (χ4n) is 1.79. The molecule has 1 aromatic heterocycles. The van der Waals surface area contributed by atoms with Crippen LogP contribution in [0.1, 0.15) is 18.2 Å². The van der Waals surface area contributed by atoms with Gasteiger partial charge in [-0.15, -0.1) is 12.4 Å². The van der Waals surface area contributed by atoms with Crippen LogP contribution in [0.5, 0.6) is 5.75 Å². The van der Waals surface area contributed by atoms with Crippen molar-refractivity contribution in [1.82, 2.24) is 4.90 Å². The van der Waals surface area contributed by atoms with E-state index in [9.17, 15) is 5.11 Å². The summed E-state index contributed by atoms with van der Waals surface area (Å²) >= 11 is 0. The molecule has 1 heterocycles. The van der Waals surface area contributed by atoms with Gasteiger partial charge in [-0.3, -0.25) is 4.90 Å². The van der Waals surface area contributed by atoms with Crippen LogP contribution < -0.4 is 0 Å². The molecular formula is C14H18ClNO2. The van der Waals surface area contributed by atoms with Gasteiger partial charge in [0.1, 0.15) is 11.5 Å². The number of benzene rings is 1. The number of furan rings is 1. The number of phenolic OH excluding ortho intramolecular Hbond substituents is 1. The van der Waals surface area contributed by atoms with Gasteiger partial charge in [0.05, 0.1) is 12.8 Å². The van der Waals surface area contributed by atoms with Gasteiger partial charge >= 0.3 is 0 Å². The summed E-state index contributed by atoms with van der Waals surface area (Å²) in [6.07, 6.45) is 1.68. The molecule has 0 aliphatic carbocycles. The number of para-hydroxylation sites is 1. The molecule has 3 nitrogen and oxygen atoms in total. The highest BCUT2D eigenvalue weighted by atomic mass is 35.5. The van der Waals surface area contributed by atoms with Crippen LogP contribution in [0, 0.1) is 0 Å². The van der Waals surface area contributed by atoms with Gasteiger partial charge in [-0.25, -0.2) is 0 Å². The van der Waals surface area contributed by atoms with Gasteiger partial charge in [-0.1, -0.05) is 25.1 Å². The first kappa shape index (κ1) is 14.6. The summed E-state index contributed by atoms with van der Waals surface area (Å²) < 4.78 is 5.33. The van der Waals surface area contributed by atoms with Crippen LogP contribution in [-0.2, 0) is 13.1 Å². The van der Waals surface area contributed by atoms with E-state index < -0.39 is 0 Å². The normalized spacial score (nSPS) is 10.3. The summed E-state index contributed by atoms with van der Waals surface area (Å²) in [4.78, 5) is 2.22. The van der Waals surface area contributed by atoms with E-state index >= 15 is 0 Å². The Balaban J connectivity index is 0.00000162. The van der Waals surface area contributed by atoms with Gasteiger partial charge in [-0.2, -0.15) is 0 Å². The molecule has 0 radical (unpaired) electrons. The average molecular weight is 268 g/mol. The number of aromatic hydroxyl groups is 1. The number of halogens is 1. The lowest BCUT2D eigenvalue weighted by atomic mass is 10.2. The Morgan fingerprint density at radius 2 is 1.89 bits per heavy atom. The van der Waals surface area contributed by atoms with Gasteiger partial charge in [0.25, 0.3) is 0 Å². The first-order valence-corrected chi connectivity index (χ1v) is 5.81. The van der Waals surface area contributed by atoms with Crippen molar-refractivity contribution in [3.8, 4) is 5.75 Å². The maximum Gasteiger partial charge on any atom is 0.120 e. The van der Waals surface area contributed by atoms with Crippen molar-refractivity contribution in [2.24, 2.45) is 0 Å². The fourth-order valence-corrected chi connectivity index (χ4v) is 1.79. The Morgan fingerprint density at radius 3 is 2.50 bits per heavy atom. The van der Waals surface area contributed by atoms with Crippen LogP contribution in [0.3, 0.4) is 0 Å². The smallest absolute Gasteiger partial charge is 0.120 e. The van der Waals surface area contributed by atoms with Gasteiger partial charge in [0.15, 0.2) is 0 Å². The van der Waals surface area contributed by atoms with Crippen molar-refractivity contribution in [3.63, 3.8) is 0 Å². The lowest BCUT2D eigenvalue weighted by Crippen LogP contribution is -2.22. The summed E-state index contributed by atoms with van der Waals surface area (Å²) in [5.41, 5.74) is 0.945. The molecule has 0 amide bonds. The highest BCUT2D eigenvalue weighted by molar-refractivity contribution is 5.85. The summed E-state index contributed by atoms with van der Waals surface area (Å²) in [6.45, 7) is 4.50. The molecule has 0 bridgehead atoms. The zero-order valence-corrected chi connectivity index (χ0v) is 11.2. The molecule has 4 heteroatoms. The number of hydrogen-bond donors (Lipinski definition) is 1. The second-order valence-corrected chi connectivity index (χ2v) is 4.01. The van der Waals surface area contributed by atoms with E-state index in [1.807, 2.05) is 30.3 Å². The van der Waals surface area contributed by atoms with Crippen LogP contribution in [0.2, 0.25) is 0 Å². The molecule has 1 N–H and O–H groups in total. The van der Waals surface area contributed by atoms with Crippen molar-refractivity contribution in [2.75, 3.05) is 6.54 Å². The lowest BCUT2D eigenvalue weighted by molar-refractivity contribution is 0.244. The minimum atomic E-state index is 0. The molecule has 0 aliphatic heterocycles. The van der Waals surface area contributed by atoms with Crippen molar-refractivity contribution < 1.29 is 9.52 Å². The van der Waals surface area contributed by atoms with Gasteiger partial charge < -0.3 is 9.52 Å². The molecule has 0 fully saturated rings. The Morgan fingerprint density at radius 1 is 1.11 bits per heavy atom. The molecule has 0 spiro atoms. The summed E-state index contributed by atoms with van der Waals surface area (Å²) in [5.74, 6) is 1.30. The molecule has 0 unspecified atom stereocenters. The second kappa shape index (κ2) is 7.09. The van der Waals surface area contributed by atoms with E-state index in [1.54, 1.807) is 12.3 Å². The third-order valence-corrected chi connectivity index (χ3v) is 2.79. The third kappa shape index (κ3) is 3.79. The van der Waals surface area contributed by atoms with Crippen LogP contribution in [0.25, 0.3) is 0 Å². The van der Waals surface area contributed by atoms with Crippen LogP contribution in [0.4, 0.5) is 0 Å². The molecule has 18 heavy (non-hydrogen) atoms. The fraction of sp³-hybridized carbons (Fsp3) is 0.286. The Hall–Kier alpha value is -1.45. The predicted octanol–water partition coefficient (Wildman–Crippen LogP) is 3.43. The molecule has 1 aromatic carbocycles. The van der Waals surface area contributed by atoms with E-state index in [-0.39, 0.29) is 12.4 Å². The quantitative estimate of drug-likeness (QED) is 0.902. The molecule has 2 aromatic rings. The van der Waals surface area contributed by atoms with E-state index in [1.165, 1.54) is 0 Å². The summed E-state index contributed by atoms with van der Waals surface area (Å²) in [5, 5.41) is 9.73. The maximum absolute atomic E-state index is 9.73. The third-order valence-electron chi connectivity index (χ3n) is 2.79. The van der Waals surface area contributed by atoms with E-state index in [4.69, 9.17) is 4.42 Å². The van der Waals surface area contributed by atoms with Crippen molar-refractivity contribution in [2.45, 2.75) is 20.0 Å². The van der Waals surface area contributed by atoms with E-state index in [0.29, 0.717) is 5.75 Å². The number of rotatable bonds is 5. The highest BCUT2D eigenvalue weighted by Crippen LogP contribution is 2.18. The van der Waals surface area contributed by atoms with E-state index in [0.717, 1.165) is 31.0 Å². The predicted molar refractivity (Wildman–Crippen MR) is 73.9 cm³/mol. The summed E-state index contributed by atoms with van der Waals surface area (Å²) in [6, 6.07) is 11.3. The first-order chi connectivity index (χ1) is 8.29. The minimum Gasteiger partial charge on any atom is -0.508 e. The van der Waals surface area contributed by atoms with Crippen molar-refractivity contribution >= 4 is 12.4 Å². The van der Waals surface area contributed by atoms with Crippen LogP contribution in [0.15, 0.2) is 47.1 Å². The summed E-state index contributed by atoms with van der Waals surface area (Å²) in [7, 11) is 0. The van der Waals surface area contributed by atoms with Crippen LogP contribution in [-0.4, -0.2) is 16.6 Å². The first-order valence-electron chi connectivity index (χ1n) is 5.81. The molecule has 0 atom stereocenters. The van der Waals surface area contributed by atoms with Crippen LogP contribution >= 0.6 is 12.4 Å². The largest absolute Gasteiger partial charge is 0.508 e. The van der Waals surface area contributed by atoms with Crippen molar-refractivity contribution in [3.05, 3.63) is 54.0 Å². The topological polar surface area (TPSA) is 36.6 Å². The standard InChI is InChI=1S/C14H17NO2.ClH/c1-2-15(11-13-7-5-9-17-13)10-12-6-3-4-8-14(12)16;/h3-9,16H,2,10-11H2,1H3;1H. The van der Waals surface area contributed by atoms with E-state index in [2.05, 4.69) is 11.8 Å². The van der Waals surface area contributed by atoms with Gasteiger partial charge in [0.2, 0.25) is 0 Å². The van der Waals surface area contributed by atoms with Gasteiger partial charge in [0, 0.05) is 12.1 Å². The highest BCUT2D eigenvalue weighted by Gasteiger charge is 2.08. The number of hydrogen-bond acceptors (Lipinski definition) is 3. The Bertz CT molecular complexity index is 457. The molecule has 0 saturated carbocycles. The monoisotopic (exact) mass is 267 g/mol. The zero-order valence-electron chi connectivity index (χ0n) is 10.4. The Kier molecular flexibility index (Phi) is 5.75. The maximum atomic E-state index is 9.73. The number of phenols is 1. The SMILES string of the molecule is CCN(Cc1ccco1)Cc1ccccc1O.Cl. The van der Waals surface area contributed by atoms with Gasteiger partial charge in [-0.05, 0) is 24.7 Å². The molecule has 0 aliphatic rings. The zero-order chi connectivity index (χ0) is 12.1.